The number of allylic oxidation sites excluding steroid dienone is 22. The number of rotatable bonds is 60. The van der Waals surface area contributed by atoms with Crippen molar-refractivity contribution in [2.45, 2.75) is 270 Å². The van der Waals surface area contributed by atoms with Crippen LogP contribution in [0.25, 0.3) is 0 Å². The predicted octanol–water partition coefficient (Wildman–Crippen LogP) is 19.2. The average Bonchev–Trinajstić information content (AvgIpc) is 3.46. The van der Waals surface area contributed by atoms with Gasteiger partial charge in [0.1, 0.15) is 13.2 Å². The molecule has 0 fully saturated rings. The lowest BCUT2D eigenvalue weighted by Gasteiger charge is -2.26. The van der Waals surface area contributed by atoms with Crippen LogP contribution in [0, 0.1) is 0 Å². The lowest BCUT2D eigenvalue weighted by molar-refractivity contribution is -0.870. The highest BCUT2D eigenvalue weighted by atomic mass is 16.7. The molecule has 2 unspecified atom stereocenters. The third-order valence-corrected chi connectivity index (χ3v) is 13.9. The summed E-state index contributed by atoms with van der Waals surface area (Å²) in [6, 6.07) is 0. The number of quaternary nitrogens is 1. The van der Waals surface area contributed by atoms with Gasteiger partial charge in [-0.1, -0.05) is 263 Å². The Morgan fingerprint density at radius 1 is 0.373 bits per heavy atom. The highest BCUT2D eigenvalue weighted by Crippen LogP contribution is 2.16. The predicted molar refractivity (Wildman–Crippen MR) is 352 cm³/mol. The highest BCUT2D eigenvalue weighted by molar-refractivity contribution is 5.70. The number of unbranched alkanes of at least 4 members (excludes halogenated alkanes) is 23. The lowest BCUT2D eigenvalue weighted by atomic mass is 10.0. The summed E-state index contributed by atoms with van der Waals surface area (Å²) >= 11 is 0. The van der Waals surface area contributed by atoms with E-state index >= 15 is 0 Å². The Bertz CT molecular complexity index is 1820. The fourth-order valence-corrected chi connectivity index (χ4v) is 8.79. The molecule has 0 aromatic carbocycles. The van der Waals surface area contributed by atoms with E-state index in [9.17, 15) is 19.5 Å². The fourth-order valence-electron chi connectivity index (χ4n) is 8.79. The number of likely N-dealkylation sites (N-methyl/N-ethyl adjacent to an activating group) is 1. The molecule has 9 heteroatoms. The van der Waals surface area contributed by atoms with Crippen LogP contribution in [-0.4, -0.2) is 82.3 Å². The molecule has 0 saturated carbocycles. The van der Waals surface area contributed by atoms with E-state index in [0.29, 0.717) is 17.4 Å². The Balaban J connectivity index is 4.25. The molecule has 472 valence electrons. The van der Waals surface area contributed by atoms with Crippen molar-refractivity contribution in [3.05, 3.63) is 134 Å². The molecule has 9 nitrogen and oxygen atoms in total. The SMILES string of the molecule is CC/C=C\C/C=C\C/C=C\C/C=C\C/C=C\C/C=C\C/C=C\C/C=C\CCCCC(=O)OC(COC(=O)CCCCCCCCCCCCCCCCCC/C=C\C/C=C\C/C=C\CCCCCCC)COC(OCC[N+](C)(C)C)C(=O)[O-]. The molecule has 0 saturated heterocycles. The van der Waals surface area contributed by atoms with Crippen LogP contribution < -0.4 is 5.11 Å². The summed E-state index contributed by atoms with van der Waals surface area (Å²) in [5.74, 6) is -2.35. The minimum Gasteiger partial charge on any atom is -0.545 e. The first kappa shape index (κ1) is 78.4. The van der Waals surface area contributed by atoms with Crippen molar-refractivity contribution in [3.63, 3.8) is 0 Å². The van der Waals surface area contributed by atoms with Crippen molar-refractivity contribution in [2.24, 2.45) is 0 Å². The molecule has 0 aliphatic heterocycles. The molecule has 0 aromatic heterocycles. The van der Waals surface area contributed by atoms with Gasteiger partial charge in [-0.15, -0.1) is 0 Å². The van der Waals surface area contributed by atoms with Crippen LogP contribution in [0.2, 0.25) is 0 Å². The second kappa shape index (κ2) is 63.5. The molecule has 0 radical (unpaired) electrons. The fraction of sp³-hybridized carbons (Fsp3) is 0.662. The summed E-state index contributed by atoms with van der Waals surface area (Å²) in [6.07, 6.45) is 88.1. The smallest absolute Gasteiger partial charge is 0.306 e. The van der Waals surface area contributed by atoms with Crippen molar-refractivity contribution >= 4 is 17.9 Å². The van der Waals surface area contributed by atoms with E-state index in [1.807, 2.05) is 21.1 Å². The molecule has 0 aliphatic rings. The second-order valence-corrected chi connectivity index (χ2v) is 23.0. The second-order valence-electron chi connectivity index (χ2n) is 23.0. The van der Waals surface area contributed by atoms with Crippen LogP contribution in [0.1, 0.15) is 258 Å². The molecule has 0 rings (SSSR count). The van der Waals surface area contributed by atoms with Crippen molar-refractivity contribution in [2.75, 3.05) is 47.5 Å². The lowest BCUT2D eigenvalue weighted by Crippen LogP contribution is -2.44. The van der Waals surface area contributed by atoms with Gasteiger partial charge in [-0.3, -0.25) is 9.59 Å². The molecular weight excluding hydrogens is 1030 g/mol. The van der Waals surface area contributed by atoms with Gasteiger partial charge in [-0.05, 0) is 116 Å². The van der Waals surface area contributed by atoms with E-state index in [1.54, 1.807) is 0 Å². The maximum absolute atomic E-state index is 12.9. The monoisotopic (exact) mass is 1150 g/mol. The summed E-state index contributed by atoms with van der Waals surface area (Å²) < 4.78 is 22.7. The number of carboxylic acids is 1. The standard InChI is InChI=1S/C74H123NO8/c1-6-8-10-12-14-16-18-20-22-24-26-28-30-32-34-35-36-37-39-40-42-44-46-48-50-52-54-56-58-60-62-64-71(76)81-68-70(69-82-74(73(78)79)80-67-66-75(3,4)5)83-72(77)65-63-61-59-57-55-53-51-49-47-45-43-41-38-33-31-29-27-25-23-21-19-17-15-13-11-9-7-2/h9,11,15,17-18,20-21,23-24,26-27,29-30,32-33,38,43,45,49,51,55,57,70,74H,6-8,10,12-14,16,19,22,25,28,31,34-37,39-42,44,46-48,50,52-54,56,58-69H2,1-5H3/b11-9-,17-15-,20-18-,23-21-,26-24-,29-27-,32-30-,38-33-,45-43-,51-49-,57-55-. The summed E-state index contributed by atoms with van der Waals surface area (Å²) in [5, 5.41) is 11.8. The van der Waals surface area contributed by atoms with Gasteiger partial charge < -0.3 is 33.3 Å². The largest absolute Gasteiger partial charge is 0.545 e. The van der Waals surface area contributed by atoms with Gasteiger partial charge in [-0.25, -0.2) is 0 Å². The van der Waals surface area contributed by atoms with Crippen molar-refractivity contribution in [3.8, 4) is 0 Å². The summed E-state index contributed by atoms with van der Waals surface area (Å²) in [4.78, 5) is 37.4. The molecule has 2 atom stereocenters. The van der Waals surface area contributed by atoms with E-state index in [1.165, 1.54) is 128 Å². The van der Waals surface area contributed by atoms with Crippen molar-refractivity contribution in [1.82, 2.24) is 0 Å². The Hall–Kier alpha value is -4.57. The van der Waals surface area contributed by atoms with Crippen molar-refractivity contribution in [1.29, 1.82) is 0 Å². The number of hydrogen-bond acceptors (Lipinski definition) is 8. The van der Waals surface area contributed by atoms with Gasteiger partial charge in [0.15, 0.2) is 12.4 Å². The topological polar surface area (TPSA) is 111 Å². The number of carbonyl (C=O) groups is 3. The number of carbonyl (C=O) groups excluding carboxylic acids is 3. The van der Waals surface area contributed by atoms with E-state index in [4.69, 9.17) is 18.9 Å². The molecule has 0 amide bonds. The number of ether oxygens (including phenoxy) is 4. The average molecular weight is 1150 g/mol. The van der Waals surface area contributed by atoms with Gasteiger partial charge in [0.25, 0.3) is 0 Å². The van der Waals surface area contributed by atoms with Crippen LogP contribution in [0.15, 0.2) is 134 Å². The molecule has 0 N–H and O–H groups in total. The van der Waals surface area contributed by atoms with Crippen LogP contribution in [0.4, 0.5) is 0 Å². The third kappa shape index (κ3) is 64.8. The molecule has 0 aliphatic carbocycles. The van der Waals surface area contributed by atoms with Crippen LogP contribution in [0.5, 0.6) is 0 Å². The number of aliphatic carboxylic acids is 1. The molecule has 0 spiro atoms. The van der Waals surface area contributed by atoms with Crippen LogP contribution in [-0.2, 0) is 33.3 Å². The van der Waals surface area contributed by atoms with Gasteiger partial charge >= 0.3 is 11.9 Å². The first-order chi connectivity index (χ1) is 40.6. The number of esters is 2. The number of carboxylic acid groups (broad SMARTS) is 1. The van der Waals surface area contributed by atoms with Gasteiger partial charge in [0, 0.05) is 12.8 Å². The Morgan fingerprint density at radius 2 is 0.687 bits per heavy atom. The normalized spacial score (nSPS) is 13.6. The molecule has 0 bridgehead atoms. The Kier molecular flexibility index (Phi) is 60.0. The Morgan fingerprint density at radius 3 is 1.05 bits per heavy atom. The molecule has 83 heavy (non-hydrogen) atoms. The summed E-state index contributed by atoms with van der Waals surface area (Å²) in [6.45, 7) is 4.57. The zero-order chi connectivity index (χ0) is 60.5. The third-order valence-electron chi connectivity index (χ3n) is 13.9. The van der Waals surface area contributed by atoms with E-state index in [0.717, 1.165) is 96.3 Å². The number of hydrogen-bond donors (Lipinski definition) is 0. The van der Waals surface area contributed by atoms with E-state index in [2.05, 4.69) is 148 Å². The zero-order valence-electron chi connectivity index (χ0n) is 53.8. The molecular formula is C74H123NO8. The minimum absolute atomic E-state index is 0.132. The molecule has 0 aromatic rings. The maximum Gasteiger partial charge on any atom is 0.306 e. The van der Waals surface area contributed by atoms with Gasteiger partial charge in [-0.2, -0.15) is 0 Å². The van der Waals surface area contributed by atoms with Crippen LogP contribution >= 0.6 is 0 Å². The first-order valence-corrected chi connectivity index (χ1v) is 33.3. The van der Waals surface area contributed by atoms with Gasteiger partial charge in [0.2, 0.25) is 0 Å². The Labute approximate surface area is 509 Å². The quantitative estimate of drug-likeness (QED) is 0.0195. The van der Waals surface area contributed by atoms with E-state index < -0.39 is 24.3 Å². The summed E-state index contributed by atoms with van der Waals surface area (Å²) in [5.41, 5.74) is 0. The van der Waals surface area contributed by atoms with Gasteiger partial charge in [0.05, 0.1) is 40.3 Å². The summed E-state index contributed by atoms with van der Waals surface area (Å²) in [7, 11) is 5.90. The molecule has 0 heterocycles. The maximum atomic E-state index is 12.9. The first-order valence-electron chi connectivity index (χ1n) is 33.3. The number of nitrogens with zero attached hydrogens (tertiary/aromatic N) is 1. The minimum atomic E-state index is -1.64. The zero-order valence-corrected chi connectivity index (χ0v) is 53.8. The van der Waals surface area contributed by atoms with Crippen molar-refractivity contribution < 1.29 is 42.9 Å². The van der Waals surface area contributed by atoms with Crippen LogP contribution in [0.3, 0.4) is 0 Å². The highest BCUT2D eigenvalue weighted by Gasteiger charge is 2.22. The van der Waals surface area contributed by atoms with E-state index in [-0.39, 0.29) is 38.6 Å².